The Morgan fingerprint density at radius 3 is 2.53 bits per heavy atom. The minimum absolute atomic E-state index is 0.271. The number of hydrogen-bond donors (Lipinski definition) is 1. The van der Waals surface area contributed by atoms with E-state index in [4.69, 9.17) is 4.98 Å². The van der Waals surface area contributed by atoms with E-state index in [1.165, 1.54) is 4.57 Å². The van der Waals surface area contributed by atoms with Crippen LogP contribution in [0.25, 0.3) is 33.8 Å². The number of pyridine rings is 1. The van der Waals surface area contributed by atoms with Gasteiger partial charge in [-0.1, -0.05) is 24.3 Å². The average Bonchev–Trinajstić information content (AvgIpc) is 3.42. The van der Waals surface area contributed by atoms with Crippen molar-refractivity contribution in [3.63, 3.8) is 0 Å². The van der Waals surface area contributed by atoms with Gasteiger partial charge in [0.2, 0.25) is 0 Å². The summed E-state index contributed by atoms with van der Waals surface area (Å²) in [5, 5.41) is 0. The van der Waals surface area contributed by atoms with Crippen LogP contribution < -0.4 is 4.90 Å². The molecule has 1 fully saturated rings. The molecule has 0 atom stereocenters. The highest BCUT2D eigenvalue weighted by molar-refractivity contribution is 5.82. The first-order valence-corrected chi connectivity index (χ1v) is 11.6. The molecule has 4 aromatic heterocycles. The van der Waals surface area contributed by atoms with E-state index >= 15 is 0 Å². The molecule has 0 amide bonds. The Hall–Kier alpha value is -4.21. The van der Waals surface area contributed by atoms with Crippen molar-refractivity contribution >= 4 is 16.9 Å². The Balaban J connectivity index is 1.28. The van der Waals surface area contributed by atoms with Gasteiger partial charge in [-0.2, -0.15) is 13.2 Å². The molecule has 6 rings (SSSR count). The highest BCUT2D eigenvalue weighted by atomic mass is 19.4. The lowest BCUT2D eigenvalue weighted by atomic mass is 10.0. The lowest BCUT2D eigenvalue weighted by Crippen LogP contribution is -2.38. The fourth-order valence-corrected chi connectivity index (χ4v) is 4.44. The van der Waals surface area contributed by atoms with Crippen LogP contribution in [0.5, 0.6) is 0 Å². The summed E-state index contributed by atoms with van der Waals surface area (Å²) in [4.78, 5) is 23.2. The highest BCUT2D eigenvalue weighted by Gasteiger charge is 2.34. The maximum Gasteiger partial charge on any atom is 0.434 e. The van der Waals surface area contributed by atoms with Crippen molar-refractivity contribution in [1.29, 1.82) is 0 Å². The average molecular weight is 490 g/mol. The zero-order valence-electron chi connectivity index (χ0n) is 19.4. The molecule has 0 spiro atoms. The summed E-state index contributed by atoms with van der Waals surface area (Å²) in [7, 11) is 1.56. The number of H-pyrrole nitrogens is 1. The van der Waals surface area contributed by atoms with E-state index in [1.807, 2.05) is 30.5 Å². The van der Waals surface area contributed by atoms with E-state index in [1.54, 1.807) is 31.6 Å². The van der Waals surface area contributed by atoms with E-state index in [0.29, 0.717) is 17.8 Å². The molecule has 5 aromatic rings. The van der Waals surface area contributed by atoms with Crippen LogP contribution in [0.3, 0.4) is 0 Å². The van der Waals surface area contributed by atoms with Crippen LogP contribution in [-0.2, 0) is 19.6 Å². The van der Waals surface area contributed by atoms with Crippen molar-refractivity contribution < 1.29 is 13.2 Å². The molecule has 7 nitrogen and oxygen atoms in total. The van der Waals surface area contributed by atoms with Crippen molar-refractivity contribution in [2.75, 3.05) is 18.0 Å². The zero-order valence-corrected chi connectivity index (χ0v) is 19.4. The van der Waals surface area contributed by atoms with Crippen molar-refractivity contribution in [2.45, 2.75) is 19.0 Å². The quantitative estimate of drug-likeness (QED) is 0.366. The monoisotopic (exact) mass is 489 g/mol. The number of nitrogens with one attached hydrogen (secondary N) is 1. The number of rotatable bonds is 5. The van der Waals surface area contributed by atoms with Crippen LogP contribution in [0.15, 0.2) is 61.2 Å². The third-order valence-corrected chi connectivity index (χ3v) is 6.45. The molecule has 10 heteroatoms. The molecule has 1 aromatic carbocycles. The Bertz CT molecular complexity index is 1550. The number of aromatic amines is 1. The molecule has 1 aliphatic rings. The molecule has 1 aliphatic heterocycles. The molecule has 0 radical (unpaired) electrons. The highest BCUT2D eigenvalue weighted by Crippen LogP contribution is 2.32. The summed E-state index contributed by atoms with van der Waals surface area (Å²) >= 11 is 0. The summed E-state index contributed by atoms with van der Waals surface area (Å²) < 4.78 is 40.5. The third-order valence-electron chi connectivity index (χ3n) is 6.45. The number of fused-ring (bicyclic) bond motifs is 1. The minimum Gasteiger partial charge on any atom is -0.358 e. The second kappa shape index (κ2) is 8.47. The maximum atomic E-state index is 13.0. The van der Waals surface area contributed by atoms with Crippen molar-refractivity contribution in [3.8, 4) is 22.8 Å². The van der Waals surface area contributed by atoms with Gasteiger partial charge in [0.15, 0.2) is 11.5 Å². The third kappa shape index (κ3) is 3.98. The minimum atomic E-state index is -4.47. The number of alkyl halides is 3. The number of imidazole rings is 1. The summed E-state index contributed by atoms with van der Waals surface area (Å²) in [6.45, 7) is 1.96. The summed E-state index contributed by atoms with van der Waals surface area (Å²) in [5.74, 6) is 1.80. The molecular formula is C26H22F3N7. The molecule has 0 aliphatic carbocycles. The second-order valence-electron chi connectivity index (χ2n) is 8.92. The zero-order chi connectivity index (χ0) is 24.9. The van der Waals surface area contributed by atoms with Crippen LogP contribution in [0.2, 0.25) is 0 Å². The lowest BCUT2D eigenvalue weighted by Gasteiger charge is -2.33. The summed E-state index contributed by atoms with van der Waals surface area (Å²) in [6, 6.07) is 11.3. The Kier molecular flexibility index (Phi) is 5.24. The van der Waals surface area contributed by atoms with Gasteiger partial charge in [-0.05, 0) is 24.1 Å². The number of nitrogens with zero attached hydrogens (tertiary/aromatic N) is 6. The van der Waals surface area contributed by atoms with E-state index in [9.17, 15) is 13.2 Å². The van der Waals surface area contributed by atoms with Crippen LogP contribution >= 0.6 is 0 Å². The molecule has 1 N–H and O–H groups in total. The van der Waals surface area contributed by atoms with Gasteiger partial charge in [0.25, 0.3) is 0 Å². The molecule has 0 unspecified atom stereocenters. The van der Waals surface area contributed by atoms with Crippen LogP contribution in [-0.4, -0.2) is 42.6 Å². The molecular weight excluding hydrogens is 467 g/mol. The molecule has 0 bridgehead atoms. The van der Waals surface area contributed by atoms with Crippen molar-refractivity contribution in [2.24, 2.45) is 7.05 Å². The van der Waals surface area contributed by atoms with E-state index in [-0.39, 0.29) is 5.82 Å². The van der Waals surface area contributed by atoms with Gasteiger partial charge in [-0.15, -0.1) is 0 Å². The Labute approximate surface area is 204 Å². The fraction of sp³-hybridized carbons (Fsp3) is 0.231. The van der Waals surface area contributed by atoms with Crippen molar-refractivity contribution in [1.82, 2.24) is 29.5 Å². The van der Waals surface area contributed by atoms with E-state index in [0.717, 1.165) is 59.2 Å². The Morgan fingerprint density at radius 2 is 1.83 bits per heavy atom. The maximum absolute atomic E-state index is 13.0. The second-order valence-corrected chi connectivity index (χ2v) is 8.92. The van der Waals surface area contributed by atoms with Gasteiger partial charge in [-0.25, -0.2) is 19.9 Å². The predicted molar refractivity (Wildman–Crippen MR) is 130 cm³/mol. The number of hydrogen-bond acceptors (Lipinski definition) is 5. The SMILES string of the molecule is Cn1cc(C(F)(F)F)nc1-c1ccc(Cc2c[nH]c3cnc(-c4cccnc4N4CCC4)nc23)cc1. The number of halogens is 3. The molecule has 5 heterocycles. The normalized spacial score (nSPS) is 13.8. The predicted octanol–water partition coefficient (Wildman–Crippen LogP) is 5.24. The molecule has 1 saturated heterocycles. The smallest absolute Gasteiger partial charge is 0.358 e. The number of anilines is 1. The molecule has 36 heavy (non-hydrogen) atoms. The van der Waals surface area contributed by atoms with Crippen LogP contribution in [0.1, 0.15) is 23.2 Å². The van der Waals surface area contributed by atoms with Gasteiger partial charge in [-0.3, -0.25) is 0 Å². The summed E-state index contributed by atoms with van der Waals surface area (Å²) in [6.07, 6.45) is 3.79. The van der Waals surface area contributed by atoms with E-state index < -0.39 is 11.9 Å². The largest absolute Gasteiger partial charge is 0.434 e. The molecule has 0 saturated carbocycles. The van der Waals surface area contributed by atoms with Gasteiger partial charge >= 0.3 is 6.18 Å². The first-order valence-electron chi connectivity index (χ1n) is 11.6. The van der Waals surface area contributed by atoms with Crippen molar-refractivity contribution in [3.05, 3.63) is 78.0 Å². The van der Waals surface area contributed by atoms with Gasteiger partial charge in [0, 0.05) is 56.3 Å². The van der Waals surface area contributed by atoms with Crippen LogP contribution in [0.4, 0.5) is 19.0 Å². The van der Waals surface area contributed by atoms with E-state index in [2.05, 4.69) is 24.8 Å². The van der Waals surface area contributed by atoms with Gasteiger partial charge in [0.1, 0.15) is 11.6 Å². The van der Waals surface area contributed by atoms with Crippen LogP contribution in [0, 0.1) is 0 Å². The first kappa shape index (κ1) is 22.3. The standard InChI is InChI=1S/C26H22F3N7/c1-35-15-21(26(27,28)29)33-24(35)17-7-5-16(6-8-17)12-18-13-31-20-14-32-23(34-22(18)20)19-4-2-9-30-25(19)36-10-3-11-36/h2,4-9,13-15,31H,3,10-12H2,1H3. The fourth-order valence-electron chi connectivity index (χ4n) is 4.44. The first-order chi connectivity index (χ1) is 17.4. The summed E-state index contributed by atoms with van der Waals surface area (Å²) in [5.41, 5.74) is 4.32. The van der Waals surface area contributed by atoms with Gasteiger partial charge < -0.3 is 14.5 Å². The number of aromatic nitrogens is 6. The number of aryl methyl sites for hydroxylation is 1. The van der Waals surface area contributed by atoms with Gasteiger partial charge in [0.05, 0.1) is 22.8 Å². The number of benzene rings is 1. The topological polar surface area (TPSA) is 75.5 Å². The lowest BCUT2D eigenvalue weighted by molar-refractivity contribution is -0.140. The molecule has 182 valence electrons. The Morgan fingerprint density at radius 1 is 1.03 bits per heavy atom.